The van der Waals surface area contributed by atoms with Gasteiger partial charge in [0.15, 0.2) is 16.0 Å². The molecule has 0 aliphatic carbocycles. The van der Waals surface area contributed by atoms with Crippen LogP contribution in [0.4, 0.5) is 5.13 Å². The van der Waals surface area contributed by atoms with Gasteiger partial charge >= 0.3 is 5.97 Å². The lowest BCUT2D eigenvalue weighted by molar-refractivity contribution is -0.150. The van der Waals surface area contributed by atoms with Crippen LogP contribution in [0.3, 0.4) is 0 Å². The van der Waals surface area contributed by atoms with E-state index in [1.54, 1.807) is 13.0 Å². The Morgan fingerprint density at radius 1 is 1.33 bits per heavy atom. The monoisotopic (exact) mass is 668 g/mol. The number of amides is 2. The number of benzene rings is 1. The van der Waals surface area contributed by atoms with Crippen molar-refractivity contribution in [2.75, 3.05) is 30.9 Å². The third kappa shape index (κ3) is 7.20. The number of anilines is 1. The molecule has 1 fully saturated rings. The Balaban J connectivity index is 1.52. The van der Waals surface area contributed by atoms with E-state index in [4.69, 9.17) is 10.6 Å². The number of nitrogen functional groups attached to an aromatic ring is 1. The standard InChI is InChI=1S/C25H28N6O8S4/c1-12-4-5-16(43(37,38)27-6-7-40-13(2)32)9-14(12)8-15-10-41-23-19(22(34)31(23)20(15)24(35)36)29-21(33)18(30-39-3)17-11-42-25(26)28-17/h4-5,9,11,19,23,27H,6-8,10H2,1-3H3,(H2,26,28)(H,29,33)(H,35,36). The van der Waals surface area contributed by atoms with E-state index in [9.17, 15) is 32.7 Å². The SMILES string of the molecule is CON=C(C(=O)NC1C(=O)N2C(C(=O)O)=C(Cc3cc(S(=O)(=O)NCCSC(C)=O)ccc3C)CSC12)c1csc(N)n1. The Morgan fingerprint density at radius 2 is 2.07 bits per heavy atom. The maximum atomic E-state index is 13.2. The first kappa shape index (κ1) is 32.5. The van der Waals surface area contributed by atoms with Crippen LogP contribution in [0.25, 0.3) is 0 Å². The minimum absolute atomic E-state index is 0.00191. The van der Waals surface area contributed by atoms with Crippen molar-refractivity contribution in [3.63, 3.8) is 0 Å². The molecule has 1 saturated heterocycles. The number of β-lactam (4-membered cyclic amide) rings is 1. The van der Waals surface area contributed by atoms with Gasteiger partial charge in [-0.2, -0.15) is 0 Å². The third-order valence-electron chi connectivity index (χ3n) is 6.43. The maximum absolute atomic E-state index is 13.2. The highest BCUT2D eigenvalue weighted by Crippen LogP contribution is 2.41. The third-order valence-corrected chi connectivity index (χ3v) is 10.7. The second-order valence-electron chi connectivity index (χ2n) is 9.31. The van der Waals surface area contributed by atoms with Crippen molar-refractivity contribution in [3.8, 4) is 0 Å². The molecular formula is C25H28N6O8S4. The van der Waals surface area contributed by atoms with Crippen LogP contribution in [0, 0.1) is 6.92 Å². The van der Waals surface area contributed by atoms with Crippen molar-refractivity contribution >= 4 is 78.6 Å². The zero-order valence-corrected chi connectivity index (χ0v) is 26.4. The van der Waals surface area contributed by atoms with Crippen LogP contribution in [0.15, 0.2) is 44.9 Å². The number of carbonyl (C=O) groups excluding carboxylic acids is 3. The van der Waals surface area contributed by atoms with Crippen LogP contribution in [0.1, 0.15) is 23.7 Å². The second kappa shape index (κ2) is 13.5. The van der Waals surface area contributed by atoms with Gasteiger partial charge in [-0.05, 0) is 42.2 Å². The first-order chi connectivity index (χ1) is 20.3. The van der Waals surface area contributed by atoms with Gasteiger partial charge in [0.2, 0.25) is 10.0 Å². The molecule has 1 aromatic heterocycles. The highest BCUT2D eigenvalue weighted by Gasteiger charge is 2.54. The number of aliphatic carboxylic acids is 1. The second-order valence-corrected chi connectivity index (χ2v) is 14.3. The fourth-order valence-electron chi connectivity index (χ4n) is 4.41. The summed E-state index contributed by atoms with van der Waals surface area (Å²) in [4.78, 5) is 59.5. The van der Waals surface area contributed by atoms with Crippen molar-refractivity contribution in [1.82, 2.24) is 19.9 Å². The lowest BCUT2D eigenvalue weighted by Crippen LogP contribution is -2.71. The van der Waals surface area contributed by atoms with Crippen LogP contribution in [0.5, 0.6) is 0 Å². The highest BCUT2D eigenvalue weighted by molar-refractivity contribution is 8.13. The van der Waals surface area contributed by atoms with Gasteiger partial charge in [0.25, 0.3) is 11.8 Å². The van der Waals surface area contributed by atoms with E-state index in [-0.39, 0.29) is 56.7 Å². The molecule has 2 aliphatic rings. The van der Waals surface area contributed by atoms with E-state index in [0.717, 1.165) is 33.6 Å². The topological polar surface area (TPSA) is 210 Å². The molecule has 4 rings (SSSR count). The molecular weight excluding hydrogens is 641 g/mol. The Kier molecular flexibility index (Phi) is 10.2. The zero-order valence-electron chi connectivity index (χ0n) is 23.1. The van der Waals surface area contributed by atoms with Crippen molar-refractivity contribution < 1.29 is 37.5 Å². The predicted molar refractivity (Wildman–Crippen MR) is 163 cm³/mol. The van der Waals surface area contributed by atoms with E-state index in [2.05, 4.69) is 20.2 Å². The highest BCUT2D eigenvalue weighted by atomic mass is 32.2. The van der Waals surface area contributed by atoms with Crippen molar-refractivity contribution in [1.29, 1.82) is 0 Å². The Bertz CT molecular complexity index is 1640. The lowest BCUT2D eigenvalue weighted by Gasteiger charge is -2.49. The number of carbonyl (C=O) groups is 4. The Morgan fingerprint density at radius 3 is 2.70 bits per heavy atom. The number of oxime groups is 1. The molecule has 18 heteroatoms. The number of carboxylic acids is 1. The van der Waals surface area contributed by atoms with Gasteiger partial charge in [-0.1, -0.05) is 23.0 Å². The summed E-state index contributed by atoms with van der Waals surface area (Å²) >= 11 is 3.38. The lowest BCUT2D eigenvalue weighted by atomic mass is 9.97. The molecule has 2 aromatic rings. The van der Waals surface area contributed by atoms with Gasteiger partial charge in [-0.3, -0.25) is 19.3 Å². The number of sulfonamides is 1. The average molecular weight is 669 g/mol. The number of hydrogen-bond acceptors (Lipinski definition) is 13. The summed E-state index contributed by atoms with van der Waals surface area (Å²) in [5.41, 5.74) is 7.18. The smallest absolute Gasteiger partial charge is 0.352 e. The van der Waals surface area contributed by atoms with E-state index in [0.29, 0.717) is 11.1 Å². The number of aromatic nitrogens is 1. The van der Waals surface area contributed by atoms with Gasteiger partial charge in [0.05, 0.1) is 4.90 Å². The number of fused-ring (bicyclic) bond motifs is 1. The number of nitrogens with one attached hydrogen (secondary N) is 2. The van der Waals surface area contributed by atoms with Crippen LogP contribution in [-0.4, -0.2) is 88.6 Å². The average Bonchev–Trinajstić information content (AvgIpc) is 3.38. The van der Waals surface area contributed by atoms with E-state index < -0.39 is 39.2 Å². The summed E-state index contributed by atoms with van der Waals surface area (Å²) in [6.07, 6.45) is 0.0907. The summed E-state index contributed by atoms with van der Waals surface area (Å²) in [5, 5.41) is 17.3. The van der Waals surface area contributed by atoms with Gasteiger partial charge in [-0.15, -0.1) is 23.1 Å². The fourth-order valence-corrected chi connectivity index (χ4v) is 8.01. The van der Waals surface area contributed by atoms with Gasteiger partial charge < -0.3 is 21.0 Å². The fraction of sp³-hybridized carbons (Fsp3) is 0.360. The summed E-state index contributed by atoms with van der Waals surface area (Å²) in [6, 6.07) is 3.53. The number of nitrogens with two attached hydrogens (primary N) is 1. The van der Waals surface area contributed by atoms with Crippen LogP contribution in [-0.2, 0) is 40.5 Å². The number of nitrogens with zero attached hydrogens (tertiary/aromatic N) is 3. The van der Waals surface area contributed by atoms with Gasteiger partial charge in [-0.25, -0.2) is 22.9 Å². The van der Waals surface area contributed by atoms with Gasteiger partial charge in [0, 0.05) is 30.4 Å². The molecule has 3 heterocycles. The number of carboxylic acid groups (broad SMARTS) is 1. The minimum atomic E-state index is -3.88. The van der Waals surface area contributed by atoms with Crippen LogP contribution in [0.2, 0.25) is 0 Å². The van der Waals surface area contributed by atoms with E-state index in [1.807, 2.05) is 0 Å². The quantitative estimate of drug-likeness (QED) is 0.108. The largest absolute Gasteiger partial charge is 0.477 e. The molecule has 0 saturated carbocycles. The van der Waals surface area contributed by atoms with Crippen molar-refractivity contribution in [3.05, 3.63) is 51.7 Å². The maximum Gasteiger partial charge on any atom is 0.352 e. The number of rotatable bonds is 12. The first-order valence-electron chi connectivity index (χ1n) is 12.6. The summed E-state index contributed by atoms with van der Waals surface area (Å²) in [7, 11) is -2.63. The van der Waals surface area contributed by atoms with Gasteiger partial charge in [0.1, 0.15) is 29.9 Å². The van der Waals surface area contributed by atoms with Crippen molar-refractivity contribution in [2.24, 2.45) is 5.16 Å². The molecule has 2 aliphatic heterocycles. The molecule has 230 valence electrons. The van der Waals surface area contributed by atoms with E-state index >= 15 is 0 Å². The molecule has 5 N–H and O–H groups in total. The Hall–Kier alpha value is -3.45. The van der Waals surface area contributed by atoms with E-state index in [1.165, 1.54) is 43.3 Å². The molecule has 0 spiro atoms. The summed E-state index contributed by atoms with van der Waals surface area (Å²) in [5.74, 6) is -2.16. The molecule has 2 unspecified atom stereocenters. The van der Waals surface area contributed by atoms with Crippen molar-refractivity contribution in [2.45, 2.75) is 36.6 Å². The number of thiazole rings is 1. The molecule has 1 aromatic carbocycles. The predicted octanol–water partition coefficient (Wildman–Crippen LogP) is 0.924. The summed E-state index contributed by atoms with van der Waals surface area (Å²) in [6.45, 7) is 3.24. The normalized spacial score (nSPS) is 18.6. The van der Waals surface area contributed by atoms with Crippen LogP contribution >= 0.6 is 34.9 Å². The Labute approximate surface area is 259 Å². The minimum Gasteiger partial charge on any atom is -0.477 e. The zero-order chi connectivity index (χ0) is 31.5. The molecule has 0 bridgehead atoms. The number of thioether (sulfide) groups is 2. The summed E-state index contributed by atoms with van der Waals surface area (Å²) < 4.78 is 28.1. The van der Waals surface area contributed by atoms with Crippen LogP contribution < -0.4 is 15.8 Å². The molecule has 2 atom stereocenters. The molecule has 0 radical (unpaired) electrons. The first-order valence-corrected chi connectivity index (χ1v) is 17.0. The number of aryl methyl sites for hydroxylation is 1. The molecule has 14 nitrogen and oxygen atoms in total. The molecule has 2 amide bonds. The number of hydrogen-bond donors (Lipinski definition) is 4. The molecule has 43 heavy (non-hydrogen) atoms.